The van der Waals surface area contributed by atoms with E-state index in [4.69, 9.17) is 4.74 Å². The standard InChI is InChI=1S/C21H26N2O4S2/c1-16-14-17(29(25,26)23-12-6-3-7-13-23)10-11-19(16)27-15-21(24)22-18-8-4-5-9-20(18)28-2/h4-5,8-11,14H,3,6-7,12-13,15H2,1-2H3,(H,22,24). The summed E-state index contributed by atoms with van der Waals surface area (Å²) in [5, 5.41) is 2.84. The van der Waals surface area contributed by atoms with Crippen LogP contribution in [-0.4, -0.2) is 44.6 Å². The van der Waals surface area contributed by atoms with Gasteiger partial charge in [0.2, 0.25) is 10.0 Å². The van der Waals surface area contributed by atoms with Crippen LogP contribution in [-0.2, 0) is 14.8 Å². The lowest BCUT2D eigenvalue weighted by molar-refractivity contribution is -0.118. The Morgan fingerprint density at radius 3 is 2.55 bits per heavy atom. The lowest BCUT2D eigenvalue weighted by Gasteiger charge is -2.26. The van der Waals surface area contributed by atoms with Gasteiger partial charge in [0.1, 0.15) is 5.75 Å². The summed E-state index contributed by atoms with van der Waals surface area (Å²) in [6.07, 6.45) is 4.81. The molecule has 1 aliphatic rings. The third-order valence-corrected chi connectivity index (χ3v) is 7.53. The molecule has 1 N–H and O–H groups in total. The van der Waals surface area contributed by atoms with E-state index in [0.29, 0.717) is 24.4 Å². The fourth-order valence-electron chi connectivity index (χ4n) is 3.28. The highest BCUT2D eigenvalue weighted by atomic mass is 32.2. The lowest BCUT2D eigenvalue weighted by Crippen LogP contribution is -2.35. The maximum Gasteiger partial charge on any atom is 0.262 e. The van der Waals surface area contributed by atoms with Crippen LogP contribution in [0.2, 0.25) is 0 Å². The SMILES string of the molecule is CSc1ccccc1NC(=O)COc1ccc(S(=O)(=O)N2CCCCC2)cc1C. The molecule has 0 aliphatic carbocycles. The van der Waals surface area contributed by atoms with Crippen molar-refractivity contribution in [3.63, 3.8) is 0 Å². The van der Waals surface area contributed by atoms with E-state index in [1.54, 1.807) is 41.2 Å². The summed E-state index contributed by atoms with van der Waals surface area (Å²) in [5.74, 6) is 0.229. The van der Waals surface area contributed by atoms with Crippen LogP contribution < -0.4 is 10.1 Å². The van der Waals surface area contributed by atoms with Gasteiger partial charge in [0.25, 0.3) is 5.91 Å². The van der Waals surface area contributed by atoms with Crippen molar-refractivity contribution in [2.24, 2.45) is 0 Å². The van der Waals surface area contributed by atoms with Gasteiger partial charge < -0.3 is 10.1 Å². The fraction of sp³-hybridized carbons (Fsp3) is 0.381. The van der Waals surface area contributed by atoms with Crippen LogP contribution >= 0.6 is 11.8 Å². The Kier molecular flexibility index (Phi) is 7.21. The number of para-hydroxylation sites is 1. The first-order valence-corrected chi connectivity index (χ1v) is 12.2. The van der Waals surface area contributed by atoms with E-state index in [1.165, 1.54) is 0 Å². The quantitative estimate of drug-likeness (QED) is 0.669. The molecule has 6 nitrogen and oxygen atoms in total. The highest BCUT2D eigenvalue weighted by Gasteiger charge is 2.26. The first-order chi connectivity index (χ1) is 13.9. The number of hydrogen-bond donors (Lipinski definition) is 1. The molecule has 8 heteroatoms. The lowest BCUT2D eigenvalue weighted by atomic mass is 10.2. The topological polar surface area (TPSA) is 75.7 Å². The largest absolute Gasteiger partial charge is 0.483 e. The molecule has 0 spiro atoms. The first-order valence-electron chi connectivity index (χ1n) is 9.58. The molecule has 1 fully saturated rings. The Morgan fingerprint density at radius 2 is 1.86 bits per heavy atom. The minimum absolute atomic E-state index is 0.151. The molecule has 0 bridgehead atoms. The summed E-state index contributed by atoms with van der Waals surface area (Å²) in [6.45, 7) is 2.77. The van der Waals surface area contributed by atoms with E-state index < -0.39 is 10.0 Å². The number of carbonyl (C=O) groups is 1. The van der Waals surface area contributed by atoms with Crippen molar-refractivity contribution in [2.75, 3.05) is 31.3 Å². The number of nitrogens with one attached hydrogen (secondary N) is 1. The maximum atomic E-state index is 12.8. The summed E-state index contributed by atoms with van der Waals surface area (Å²) < 4.78 is 32.8. The van der Waals surface area contributed by atoms with E-state index in [2.05, 4.69) is 5.32 Å². The summed E-state index contributed by atoms with van der Waals surface area (Å²) in [6, 6.07) is 12.3. The van der Waals surface area contributed by atoms with Gasteiger partial charge >= 0.3 is 0 Å². The molecule has 0 radical (unpaired) electrons. The molecule has 0 aromatic heterocycles. The van der Waals surface area contributed by atoms with Gasteiger partial charge in [-0.2, -0.15) is 4.31 Å². The highest BCUT2D eigenvalue weighted by Crippen LogP contribution is 2.27. The van der Waals surface area contributed by atoms with Crippen molar-refractivity contribution in [3.8, 4) is 5.75 Å². The van der Waals surface area contributed by atoms with Crippen LogP contribution in [0.15, 0.2) is 52.3 Å². The number of piperidine rings is 1. The maximum absolute atomic E-state index is 12.8. The van der Waals surface area contributed by atoms with E-state index in [0.717, 1.165) is 29.8 Å². The minimum Gasteiger partial charge on any atom is -0.483 e. The molecule has 1 aliphatic heterocycles. The second kappa shape index (κ2) is 9.65. The molecular formula is C21H26N2O4S2. The van der Waals surface area contributed by atoms with Gasteiger partial charge in [-0.3, -0.25) is 4.79 Å². The predicted octanol–water partition coefficient (Wildman–Crippen LogP) is 3.91. The zero-order valence-electron chi connectivity index (χ0n) is 16.7. The number of thioether (sulfide) groups is 1. The molecule has 2 aromatic carbocycles. The molecule has 1 heterocycles. The van der Waals surface area contributed by atoms with Gasteiger partial charge in [-0.1, -0.05) is 18.6 Å². The Hall–Kier alpha value is -2.03. The summed E-state index contributed by atoms with van der Waals surface area (Å²) in [7, 11) is -3.48. The Balaban J connectivity index is 1.64. The van der Waals surface area contributed by atoms with Gasteiger partial charge in [0.05, 0.1) is 10.6 Å². The molecule has 0 saturated carbocycles. The highest BCUT2D eigenvalue weighted by molar-refractivity contribution is 7.98. The minimum atomic E-state index is -3.48. The first kappa shape index (κ1) is 21.7. The average molecular weight is 435 g/mol. The molecule has 1 amide bonds. The average Bonchev–Trinajstić information content (AvgIpc) is 2.73. The van der Waals surface area contributed by atoms with Gasteiger partial charge in [0, 0.05) is 18.0 Å². The third-order valence-electron chi connectivity index (χ3n) is 4.84. The zero-order valence-corrected chi connectivity index (χ0v) is 18.3. The van der Waals surface area contributed by atoms with E-state index in [-0.39, 0.29) is 17.4 Å². The van der Waals surface area contributed by atoms with Crippen LogP contribution in [0.25, 0.3) is 0 Å². The van der Waals surface area contributed by atoms with Gasteiger partial charge in [-0.15, -0.1) is 11.8 Å². The van der Waals surface area contributed by atoms with Gasteiger partial charge in [0.15, 0.2) is 6.61 Å². The van der Waals surface area contributed by atoms with Crippen molar-refractivity contribution in [3.05, 3.63) is 48.0 Å². The number of carbonyl (C=O) groups excluding carboxylic acids is 1. The Bertz CT molecular complexity index is 970. The van der Waals surface area contributed by atoms with E-state index >= 15 is 0 Å². The molecule has 29 heavy (non-hydrogen) atoms. The second-order valence-electron chi connectivity index (χ2n) is 6.93. The van der Waals surface area contributed by atoms with Crippen molar-refractivity contribution in [2.45, 2.75) is 36.0 Å². The number of aryl methyl sites for hydroxylation is 1. The number of sulfonamides is 1. The monoisotopic (exact) mass is 434 g/mol. The smallest absolute Gasteiger partial charge is 0.262 e. The summed E-state index contributed by atoms with van der Waals surface area (Å²) in [5.41, 5.74) is 1.42. The molecular weight excluding hydrogens is 408 g/mol. The summed E-state index contributed by atoms with van der Waals surface area (Å²) >= 11 is 1.55. The zero-order chi connectivity index (χ0) is 20.9. The number of hydrogen-bond acceptors (Lipinski definition) is 5. The molecule has 0 atom stereocenters. The number of amides is 1. The predicted molar refractivity (Wildman–Crippen MR) is 116 cm³/mol. The molecule has 156 valence electrons. The van der Waals surface area contributed by atoms with E-state index in [1.807, 2.05) is 30.5 Å². The molecule has 1 saturated heterocycles. The van der Waals surface area contributed by atoms with Crippen molar-refractivity contribution < 1.29 is 17.9 Å². The van der Waals surface area contributed by atoms with Crippen LogP contribution in [0.5, 0.6) is 5.75 Å². The van der Waals surface area contributed by atoms with E-state index in [9.17, 15) is 13.2 Å². The van der Waals surface area contributed by atoms with Crippen LogP contribution in [0.1, 0.15) is 24.8 Å². The number of anilines is 1. The Labute approximate surface area is 176 Å². The normalized spacial score (nSPS) is 15.1. The van der Waals surface area contributed by atoms with Gasteiger partial charge in [-0.05, 0) is 61.9 Å². The van der Waals surface area contributed by atoms with Crippen molar-refractivity contribution in [1.82, 2.24) is 4.31 Å². The van der Waals surface area contributed by atoms with Crippen LogP contribution in [0, 0.1) is 6.92 Å². The second-order valence-corrected chi connectivity index (χ2v) is 9.72. The fourth-order valence-corrected chi connectivity index (χ4v) is 5.43. The molecule has 3 rings (SSSR count). The third kappa shape index (κ3) is 5.32. The molecule has 0 unspecified atom stereocenters. The summed E-state index contributed by atoms with van der Waals surface area (Å²) in [4.78, 5) is 13.5. The number of rotatable bonds is 7. The van der Waals surface area contributed by atoms with Crippen LogP contribution in [0.3, 0.4) is 0 Å². The van der Waals surface area contributed by atoms with Gasteiger partial charge in [-0.25, -0.2) is 8.42 Å². The Morgan fingerprint density at radius 1 is 1.14 bits per heavy atom. The van der Waals surface area contributed by atoms with Crippen molar-refractivity contribution in [1.29, 1.82) is 0 Å². The number of nitrogens with zero attached hydrogens (tertiary/aromatic N) is 1. The van der Waals surface area contributed by atoms with Crippen molar-refractivity contribution >= 4 is 33.4 Å². The number of benzene rings is 2. The van der Waals surface area contributed by atoms with Crippen LogP contribution in [0.4, 0.5) is 5.69 Å². The number of ether oxygens (including phenoxy) is 1. The molecule has 2 aromatic rings.